The van der Waals surface area contributed by atoms with Gasteiger partial charge in [0, 0.05) is 11.8 Å². The third-order valence-electron chi connectivity index (χ3n) is 6.21. The maximum atomic E-state index is 13.6. The molecule has 0 saturated carbocycles. The molecule has 2 aliphatic rings. The number of benzene rings is 2. The summed E-state index contributed by atoms with van der Waals surface area (Å²) in [7, 11) is 0. The first kappa shape index (κ1) is 22.8. The van der Waals surface area contributed by atoms with Crippen LogP contribution in [0.3, 0.4) is 0 Å². The fraction of sp³-hybridized carbons (Fsp3) is 0.250. The SMILES string of the molecule is CC1=C(C(=O)N[C@@H]2CCc3ccccc32)C(c2ccc(Cl)c(Cl)c2)n2nc(C(F)(F)F)cc2N1. The second-order valence-corrected chi connectivity index (χ2v) is 9.17. The highest BCUT2D eigenvalue weighted by Gasteiger charge is 2.40. The van der Waals surface area contributed by atoms with Crippen LogP contribution in [0.2, 0.25) is 10.0 Å². The normalized spacial score (nSPS) is 19.5. The summed E-state index contributed by atoms with van der Waals surface area (Å²) >= 11 is 12.3. The van der Waals surface area contributed by atoms with Crippen molar-refractivity contribution in [2.75, 3.05) is 5.32 Å². The fourth-order valence-electron chi connectivity index (χ4n) is 4.64. The van der Waals surface area contributed by atoms with E-state index in [4.69, 9.17) is 23.2 Å². The summed E-state index contributed by atoms with van der Waals surface area (Å²) in [5, 5.41) is 10.3. The fourth-order valence-corrected chi connectivity index (χ4v) is 4.94. The third-order valence-corrected chi connectivity index (χ3v) is 6.94. The van der Waals surface area contributed by atoms with Gasteiger partial charge in [-0.1, -0.05) is 53.5 Å². The Labute approximate surface area is 203 Å². The van der Waals surface area contributed by atoms with E-state index in [0.717, 1.165) is 24.5 Å². The Kier molecular flexibility index (Phi) is 5.61. The first-order valence-corrected chi connectivity index (χ1v) is 11.4. The maximum Gasteiger partial charge on any atom is 0.435 e. The van der Waals surface area contributed by atoms with Gasteiger partial charge in [0.25, 0.3) is 5.91 Å². The number of halogens is 5. The van der Waals surface area contributed by atoms with Gasteiger partial charge in [0.2, 0.25) is 0 Å². The van der Waals surface area contributed by atoms with E-state index in [-0.39, 0.29) is 22.5 Å². The van der Waals surface area contributed by atoms with E-state index in [1.165, 1.54) is 10.2 Å². The summed E-state index contributed by atoms with van der Waals surface area (Å²) < 4.78 is 41.5. The first-order valence-electron chi connectivity index (χ1n) is 10.6. The van der Waals surface area contributed by atoms with Gasteiger partial charge in [0.15, 0.2) is 5.69 Å². The van der Waals surface area contributed by atoms with Crippen molar-refractivity contribution in [1.82, 2.24) is 15.1 Å². The minimum atomic E-state index is -4.64. The van der Waals surface area contributed by atoms with Crippen molar-refractivity contribution in [2.24, 2.45) is 0 Å². The number of alkyl halides is 3. The zero-order chi connectivity index (χ0) is 24.2. The molecule has 2 aromatic carbocycles. The van der Waals surface area contributed by atoms with E-state index in [0.29, 0.717) is 16.3 Å². The number of aromatic nitrogens is 2. The molecule has 5 rings (SSSR count). The Morgan fingerprint density at radius 1 is 1.15 bits per heavy atom. The van der Waals surface area contributed by atoms with Gasteiger partial charge in [-0.25, -0.2) is 4.68 Å². The van der Waals surface area contributed by atoms with E-state index in [1.807, 2.05) is 24.3 Å². The number of anilines is 1. The van der Waals surface area contributed by atoms with Crippen LogP contribution in [0.1, 0.15) is 47.8 Å². The van der Waals surface area contributed by atoms with Crippen molar-refractivity contribution in [2.45, 2.75) is 38.0 Å². The molecule has 176 valence electrons. The van der Waals surface area contributed by atoms with E-state index < -0.39 is 23.8 Å². The largest absolute Gasteiger partial charge is 0.435 e. The average molecular weight is 507 g/mol. The molecule has 0 bridgehead atoms. The number of hydrogen-bond acceptors (Lipinski definition) is 3. The molecule has 0 spiro atoms. The van der Waals surface area contributed by atoms with Gasteiger partial charge in [-0.15, -0.1) is 0 Å². The summed E-state index contributed by atoms with van der Waals surface area (Å²) in [5.41, 5.74) is 2.34. The van der Waals surface area contributed by atoms with Crippen LogP contribution in [-0.4, -0.2) is 15.7 Å². The van der Waals surface area contributed by atoms with Crippen LogP contribution in [0.5, 0.6) is 0 Å². The van der Waals surface area contributed by atoms with Gasteiger partial charge in [-0.3, -0.25) is 4.79 Å². The molecule has 3 aromatic rings. The lowest BCUT2D eigenvalue weighted by atomic mass is 9.94. The second kappa shape index (κ2) is 8.36. The number of carbonyl (C=O) groups excluding carboxylic acids is 1. The minimum Gasteiger partial charge on any atom is -0.345 e. The topological polar surface area (TPSA) is 59.0 Å². The molecular weight excluding hydrogens is 488 g/mol. The smallest absolute Gasteiger partial charge is 0.345 e. The molecule has 2 atom stereocenters. The van der Waals surface area contributed by atoms with Gasteiger partial charge in [0.05, 0.1) is 21.7 Å². The zero-order valence-corrected chi connectivity index (χ0v) is 19.4. The third kappa shape index (κ3) is 3.95. The average Bonchev–Trinajstić information content (AvgIpc) is 3.39. The number of hydrogen-bond donors (Lipinski definition) is 2. The Hall–Kier alpha value is -2.97. The predicted octanol–water partition coefficient (Wildman–Crippen LogP) is 6.30. The van der Waals surface area contributed by atoms with E-state index >= 15 is 0 Å². The summed E-state index contributed by atoms with van der Waals surface area (Å²) in [6.07, 6.45) is -3.06. The Morgan fingerprint density at radius 2 is 1.91 bits per heavy atom. The Bertz CT molecular complexity index is 1330. The highest BCUT2D eigenvalue weighted by atomic mass is 35.5. The van der Waals surface area contributed by atoms with Crippen LogP contribution in [0, 0.1) is 0 Å². The molecule has 1 aromatic heterocycles. The molecule has 2 N–H and O–H groups in total. The summed E-state index contributed by atoms with van der Waals surface area (Å²) in [4.78, 5) is 13.6. The highest BCUT2D eigenvalue weighted by molar-refractivity contribution is 6.42. The van der Waals surface area contributed by atoms with E-state index in [2.05, 4.69) is 15.7 Å². The molecule has 1 aliphatic carbocycles. The lowest BCUT2D eigenvalue weighted by Gasteiger charge is -2.30. The van der Waals surface area contributed by atoms with Crippen molar-refractivity contribution in [3.8, 4) is 0 Å². The van der Waals surface area contributed by atoms with Crippen molar-refractivity contribution in [1.29, 1.82) is 0 Å². The standard InChI is InChI=1S/C24H19Cl2F3N4O/c1-12-21(23(34)31-18-9-7-13-4-2-3-5-15(13)18)22(14-6-8-16(25)17(26)10-14)33-20(30-12)11-19(32-33)24(27,28)29/h2-6,8,10-11,18,22,30H,7,9H2,1H3,(H,31,34)/t18-,22?/m1/s1. The summed E-state index contributed by atoms with van der Waals surface area (Å²) in [5.74, 6) is -0.263. The Balaban J connectivity index is 1.57. The number of aryl methyl sites for hydroxylation is 1. The molecule has 0 saturated heterocycles. The molecule has 0 fully saturated rings. The molecular formula is C24H19Cl2F3N4O. The molecule has 1 unspecified atom stereocenters. The molecule has 34 heavy (non-hydrogen) atoms. The number of amides is 1. The van der Waals surface area contributed by atoms with Crippen molar-refractivity contribution < 1.29 is 18.0 Å². The quantitative estimate of drug-likeness (QED) is 0.438. The van der Waals surface area contributed by atoms with Crippen molar-refractivity contribution >= 4 is 34.9 Å². The van der Waals surface area contributed by atoms with Crippen molar-refractivity contribution in [3.05, 3.63) is 92.2 Å². The van der Waals surface area contributed by atoms with Crippen LogP contribution in [-0.2, 0) is 17.4 Å². The highest BCUT2D eigenvalue weighted by Crippen LogP contribution is 2.41. The summed E-state index contributed by atoms with van der Waals surface area (Å²) in [6.45, 7) is 1.66. The number of allylic oxidation sites excluding steroid dienone is 1. The minimum absolute atomic E-state index is 0.128. The molecule has 2 heterocycles. The molecule has 0 radical (unpaired) electrons. The monoisotopic (exact) mass is 506 g/mol. The Morgan fingerprint density at radius 3 is 2.65 bits per heavy atom. The molecule has 5 nitrogen and oxygen atoms in total. The van der Waals surface area contributed by atoms with E-state index in [9.17, 15) is 18.0 Å². The first-order chi connectivity index (χ1) is 16.1. The maximum absolute atomic E-state index is 13.6. The number of carbonyl (C=O) groups is 1. The van der Waals surface area contributed by atoms with Gasteiger partial charge in [0.1, 0.15) is 11.9 Å². The van der Waals surface area contributed by atoms with Gasteiger partial charge < -0.3 is 10.6 Å². The molecule has 1 aliphatic heterocycles. The van der Waals surface area contributed by atoms with Crippen LogP contribution in [0.4, 0.5) is 19.0 Å². The molecule has 1 amide bonds. The van der Waals surface area contributed by atoms with Crippen LogP contribution in [0.15, 0.2) is 59.8 Å². The summed E-state index contributed by atoms with van der Waals surface area (Å²) in [6, 6.07) is 12.4. The number of nitrogens with zero attached hydrogens (tertiary/aromatic N) is 2. The lowest BCUT2D eigenvalue weighted by Crippen LogP contribution is -2.36. The van der Waals surface area contributed by atoms with Gasteiger partial charge in [-0.05, 0) is 48.6 Å². The van der Waals surface area contributed by atoms with Gasteiger partial charge in [-0.2, -0.15) is 18.3 Å². The number of rotatable bonds is 3. The van der Waals surface area contributed by atoms with Crippen LogP contribution in [0.25, 0.3) is 0 Å². The lowest BCUT2D eigenvalue weighted by molar-refractivity contribution is -0.141. The number of nitrogens with one attached hydrogen (secondary N) is 2. The van der Waals surface area contributed by atoms with Gasteiger partial charge >= 0.3 is 6.18 Å². The van der Waals surface area contributed by atoms with E-state index in [1.54, 1.807) is 25.1 Å². The van der Waals surface area contributed by atoms with Crippen LogP contribution < -0.4 is 10.6 Å². The van der Waals surface area contributed by atoms with Crippen molar-refractivity contribution in [3.63, 3.8) is 0 Å². The second-order valence-electron chi connectivity index (χ2n) is 8.36. The van der Waals surface area contributed by atoms with Crippen LogP contribution >= 0.6 is 23.2 Å². The zero-order valence-electron chi connectivity index (χ0n) is 17.9. The predicted molar refractivity (Wildman–Crippen MR) is 124 cm³/mol. The molecule has 10 heteroatoms. The number of fused-ring (bicyclic) bond motifs is 2.